The van der Waals surface area contributed by atoms with E-state index >= 15 is 0 Å². The molecule has 0 aliphatic carbocycles. The molecule has 1 unspecified atom stereocenters. The first-order valence-corrected chi connectivity index (χ1v) is 6.55. The molecule has 100 valence electrons. The number of aromatic nitrogens is 2. The minimum atomic E-state index is 0.126. The van der Waals surface area contributed by atoms with Gasteiger partial charge in [0.15, 0.2) is 5.82 Å². The molecule has 0 spiro atoms. The van der Waals surface area contributed by atoms with Crippen LogP contribution in [0.4, 0.5) is 0 Å². The Balaban J connectivity index is 1.59. The maximum atomic E-state index is 5.57. The minimum Gasteiger partial charge on any atom is -0.380 e. The fourth-order valence-corrected chi connectivity index (χ4v) is 2.57. The van der Waals surface area contributed by atoms with Gasteiger partial charge in [-0.2, -0.15) is 4.98 Å². The highest BCUT2D eigenvalue weighted by Gasteiger charge is 2.29. The van der Waals surface area contributed by atoms with Crippen LogP contribution in [0.25, 0.3) is 0 Å². The van der Waals surface area contributed by atoms with E-state index in [9.17, 15) is 0 Å². The number of rotatable bonds is 4. The average Bonchev–Trinajstić information content (AvgIpc) is 3.09. The lowest BCUT2D eigenvalue weighted by atomic mass is 10.2. The Morgan fingerprint density at radius 2 is 2.44 bits per heavy atom. The summed E-state index contributed by atoms with van der Waals surface area (Å²) in [6.45, 7) is 1.69. The summed E-state index contributed by atoms with van der Waals surface area (Å²) in [5.41, 5.74) is 0. The molecular weight excluding hydrogens is 234 g/mol. The van der Waals surface area contributed by atoms with Gasteiger partial charge in [-0.25, -0.2) is 0 Å². The van der Waals surface area contributed by atoms with Gasteiger partial charge in [-0.15, -0.1) is 0 Å². The predicted molar refractivity (Wildman–Crippen MR) is 63.1 cm³/mol. The third-order valence-corrected chi connectivity index (χ3v) is 3.64. The molecule has 1 aromatic heterocycles. The molecule has 2 fully saturated rings. The van der Waals surface area contributed by atoms with E-state index in [0.717, 1.165) is 44.7 Å². The predicted octanol–water partition coefficient (Wildman–Crippen LogP) is 0.841. The number of nitrogens with one attached hydrogen (secondary N) is 1. The maximum Gasteiger partial charge on any atom is 0.243 e. The lowest BCUT2D eigenvalue weighted by molar-refractivity contribution is 0.109. The third kappa shape index (κ3) is 2.55. The summed E-state index contributed by atoms with van der Waals surface area (Å²) in [5, 5.41) is 7.36. The zero-order valence-corrected chi connectivity index (χ0v) is 10.6. The van der Waals surface area contributed by atoms with E-state index in [1.165, 1.54) is 0 Å². The van der Waals surface area contributed by atoms with Gasteiger partial charge in [0.05, 0.1) is 18.2 Å². The highest BCUT2D eigenvalue weighted by molar-refractivity contribution is 4.98. The Bertz CT molecular complexity index is 390. The second kappa shape index (κ2) is 5.34. The van der Waals surface area contributed by atoms with E-state index in [1.807, 2.05) is 0 Å². The van der Waals surface area contributed by atoms with Crippen LogP contribution in [0.5, 0.6) is 0 Å². The summed E-state index contributed by atoms with van der Waals surface area (Å²) in [6, 6.07) is 0.126. The molecule has 1 aromatic rings. The Labute approximate surface area is 106 Å². The van der Waals surface area contributed by atoms with Crippen molar-refractivity contribution in [3.05, 3.63) is 11.7 Å². The Morgan fingerprint density at radius 3 is 3.17 bits per heavy atom. The summed E-state index contributed by atoms with van der Waals surface area (Å²) in [5.74, 6) is 1.42. The molecule has 0 bridgehead atoms. The number of ether oxygens (including phenoxy) is 2. The third-order valence-electron chi connectivity index (χ3n) is 3.64. The summed E-state index contributed by atoms with van der Waals surface area (Å²) >= 11 is 0. The Kier molecular flexibility index (Phi) is 3.58. The molecule has 6 nitrogen and oxygen atoms in total. The van der Waals surface area contributed by atoms with Gasteiger partial charge in [-0.05, 0) is 19.3 Å². The molecule has 2 saturated heterocycles. The van der Waals surface area contributed by atoms with Gasteiger partial charge < -0.3 is 19.3 Å². The normalized spacial score (nSPS) is 32.2. The van der Waals surface area contributed by atoms with Gasteiger partial charge in [0.1, 0.15) is 0 Å². The van der Waals surface area contributed by atoms with Gasteiger partial charge in [0.25, 0.3) is 0 Å². The van der Waals surface area contributed by atoms with Crippen molar-refractivity contribution in [2.75, 3.05) is 20.3 Å². The second-order valence-electron chi connectivity index (χ2n) is 4.94. The van der Waals surface area contributed by atoms with Crippen LogP contribution >= 0.6 is 0 Å². The largest absolute Gasteiger partial charge is 0.380 e. The first kappa shape index (κ1) is 12.1. The quantitative estimate of drug-likeness (QED) is 0.857. The molecule has 3 heterocycles. The van der Waals surface area contributed by atoms with Crippen molar-refractivity contribution in [1.29, 1.82) is 0 Å². The van der Waals surface area contributed by atoms with Crippen LogP contribution in [0.1, 0.15) is 37.0 Å². The first-order chi connectivity index (χ1) is 8.85. The van der Waals surface area contributed by atoms with E-state index in [1.54, 1.807) is 7.11 Å². The fourth-order valence-electron chi connectivity index (χ4n) is 2.57. The summed E-state index contributed by atoms with van der Waals surface area (Å²) in [6.07, 6.45) is 4.37. The van der Waals surface area contributed by atoms with Crippen LogP contribution in [0.15, 0.2) is 4.52 Å². The van der Waals surface area contributed by atoms with Crippen LogP contribution in [0, 0.1) is 0 Å². The fraction of sp³-hybridized carbons (Fsp3) is 0.833. The van der Waals surface area contributed by atoms with E-state index in [0.29, 0.717) is 5.89 Å². The molecule has 2 aliphatic rings. The highest BCUT2D eigenvalue weighted by Crippen LogP contribution is 2.24. The van der Waals surface area contributed by atoms with E-state index in [-0.39, 0.29) is 18.2 Å². The molecule has 0 radical (unpaired) electrons. The van der Waals surface area contributed by atoms with Crippen LogP contribution in [-0.2, 0) is 15.9 Å². The van der Waals surface area contributed by atoms with E-state index in [4.69, 9.17) is 14.0 Å². The monoisotopic (exact) mass is 253 g/mol. The van der Waals surface area contributed by atoms with Crippen LogP contribution in [-0.4, -0.2) is 42.6 Å². The van der Waals surface area contributed by atoms with Crippen molar-refractivity contribution in [1.82, 2.24) is 15.5 Å². The number of hydrogen-bond donors (Lipinski definition) is 1. The zero-order valence-electron chi connectivity index (χ0n) is 10.6. The smallest absolute Gasteiger partial charge is 0.243 e. The molecule has 0 saturated carbocycles. The van der Waals surface area contributed by atoms with Crippen molar-refractivity contribution in [3.63, 3.8) is 0 Å². The highest BCUT2D eigenvalue weighted by atomic mass is 16.5. The molecule has 18 heavy (non-hydrogen) atoms. The maximum absolute atomic E-state index is 5.57. The SMILES string of the molecule is CO[C@@H]1CN[C@@H](c2nc(CC3CCCO3)no2)C1. The molecule has 0 amide bonds. The second-order valence-corrected chi connectivity index (χ2v) is 4.94. The minimum absolute atomic E-state index is 0.126. The first-order valence-electron chi connectivity index (χ1n) is 6.55. The van der Waals surface area contributed by atoms with Crippen LogP contribution in [0.2, 0.25) is 0 Å². The van der Waals surface area contributed by atoms with Gasteiger partial charge >= 0.3 is 0 Å². The van der Waals surface area contributed by atoms with Crippen molar-refractivity contribution in [2.45, 2.75) is 43.9 Å². The average molecular weight is 253 g/mol. The van der Waals surface area contributed by atoms with Gasteiger partial charge in [0.2, 0.25) is 5.89 Å². The molecule has 1 N–H and O–H groups in total. The molecule has 0 aromatic carbocycles. The molecule has 2 aliphatic heterocycles. The Hall–Kier alpha value is -0.980. The number of nitrogens with zero attached hydrogens (tertiary/aromatic N) is 2. The summed E-state index contributed by atoms with van der Waals surface area (Å²) in [4.78, 5) is 4.45. The van der Waals surface area contributed by atoms with Gasteiger partial charge in [-0.1, -0.05) is 5.16 Å². The molecule has 6 heteroatoms. The van der Waals surface area contributed by atoms with E-state index in [2.05, 4.69) is 15.5 Å². The van der Waals surface area contributed by atoms with Crippen molar-refractivity contribution >= 4 is 0 Å². The molecule has 3 rings (SSSR count). The van der Waals surface area contributed by atoms with Crippen molar-refractivity contribution < 1.29 is 14.0 Å². The van der Waals surface area contributed by atoms with Crippen molar-refractivity contribution in [3.8, 4) is 0 Å². The Morgan fingerprint density at radius 1 is 1.50 bits per heavy atom. The van der Waals surface area contributed by atoms with Gasteiger partial charge in [-0.3, -0.25) is 0 Å². The standard InChI is InChI=1S/C12H19N3O3/c1-16-9-5-10(13-7-9)12-14-11(15-18-12)6-8-3-2-4-17-8/h8-10,13H,2-7H2,1H3/t8?,9-,10+/m0/s1. The van der Waals surface area contributed by atoms with Crippen LogP contribution < -0.4 is 5.32 Å². The molecular formula is C12H19N3O3. The lowest BCUT2D eigenvalue weighted by Gasteiger charge is -2.05. The number of hydrogen-bond acceptors (Lipinski definition) is 6. The summed E-state index contributed by atoms with van der Waals surface area (Å²) in [7, 11) is 1.73. The topological polar surface area (TPSA) is 69.4 Å². The zero-order chi connectivity index (χ0) is 12.4. The number of methoxy groups -OCH3 is 1. The lowest BCUT2D eigenvalue weighted by Crippen LogP contribution is -2.16. The van der Waals surface area contributed by atoms with E-state index < -0.39 is 0 Å². The van der Waals surface area contributed by atoms with Crippen LogP contribution in [0.3, 0.4) is 0 Å². The summed E-state index contributed by atoms with van der Waals surface area (Å²) < 4.78 is 16.2. The molecule has 3 atom stereocenters. The van der Waals surface area contributed by atoms with Gasteiger partial charge in [0, 0.05) is 26.7 Å². The van der Waals surface area contributed by atoms with Crippen molar-refractivity contribution in [2.24, 2.45) is 0 Å².